The Morgan fingerprint density at radius 3 is 2.38 bits per heavy atom. The van der Waals surface area contributed by atoms with Crippen LogP contribution in [-0.2, 0) is 0 Å². The van der Waals surface area contributed by atoms with Gasteiger partial charge >= 0.3 is 0 Å². The lowest BCUT2D eigenvalue weighted by Crippen LogP contribution is -2.07. The number of benzene rings is 2. The normalized spacial score (nSPS) is 14.1. The lowest BCUT2D eigenvalue weighted by molar-refractivity contribution is 0.0487. The van der Waals surface area contributed by atoms with Crippen molar-refractivity contribution >= 4 is 11.6 Å². The Bertz CT molecular complexity index is 500. The lowest BCUT2D eigenvalue weighted by atomic mass is 10.2. The minimum atomic E-state index is -0.413. The predicted molar refractivity (Wildman–Crippen MR) is 60.7 cm³/mol. The second kappa shape index (κ2) is 3.72. The molecule has 79 valence electrons. The first-order valence-electron chi connectivity index (χ1n) is 4.92. The second-order valence-electron chi connectivity index (χ2n) is 3.48. The van der Waals surface area contributed by atoms with Crippen molar-refractivity contribution in [1.29, 1.82) is 0 Å². The third-order valence-electron chi connectivity index (χ3n) is 2.38. The SMILES string of the molecule is Clc1[c]ccc(C2Oc3ccccc3O2)c1. The van der Waals surface area contributed by atoms with Crippen molar-refractivity contribution in [3.05, 3.63) is 59.1 Å². The molecule has 0 fully saturated rings. The molecule has 2 aromatic rings. The molecule has 0 amide bonds. The van der Waals surface area contributed by atoms with E-state index in [1.54, 1.807) is 12.1 Å². The highest BCUT2D eigenvalue weighted by Crippen LogP contribution is 2.40. The van der Waals surface area contributed by atoms with E-state index in [0.29, 0.717) is 5.02 Å². The Labute approximate surface area is 98.4 Å². The highest BCUT2D eigenvalue weighted by Gasteiger charge is 2.25. The van der Waals surface area contributed by atoms with Gasteiger partial charge in [-0.2, -0.15) is 0 Å². The molecule has 3 heteroatoms. The number of ether oxygens (including phenoxy) is 2. The number of hydrogen-bond donors (Lipinski definition) is 0. The summed E-state index contributed by atoms with van der Waals surface area (Å²) >= 11 is 5.87. The van der Waals surface area contributed by atoms with Crippen LogP contribution in [0.4, 0.5) is 0 Å². The summed E-state index contributed by atoms with van der Waals surface area (Å²) in [6.07, 6.45) is -0.413. The predicted octanol–water partition coefficient (Wildman–Crippen LogP) is 3.61. The van der Waals surface area contributed by atoms with E-state index in [4.69, 9.17) is 21.1 Å². The van der Waals surface area contributed by atoms with Crippen LogP contribution in [0.2, 0.25) is 5.02 Å². The molecule has 1 radical (unpaired) electrons. The summed E-state index contributed by atoms with van der Waals surface area (Å²) in [4.78, 5) is 0. The topological polar surface area (TPSA) is 18.5 Å². The van der Waals surface area contributed by atoms with Gasteiger partial charge in [0.1, 0.15) is 0 Å². The molecule has 1 aliphatic rings. The van der Waals surface area contributed by atoms with Gasteiger partial charge in [0.25, 0.3) is 6.29 Å². The van der Waals surface area contributed by atoms with Gasteiger partial charge in [-0.25, -0.2) is 0 Å². The molecule has 0 atom stereocenters. The molecule has 0 N–H and O–H groups in total. The third kappa shape index (κ3) is 1.61. The Morgan fingerprint density at radius 2 is 1.75 bits per heavy atom. The van der Waals surface area contributed by atoms with E-state index in [2.05, 4.69) is 6.07 Å². The average Bonchev–Trinajstić information content (AvgIpc) is 2.72. The molecule has 0 aromatic heterocycles. The van der Waals surface area contributed by atoms with Crippen LogP contribution in [0, 0.1) is 6.07 Å². The summed E-state index contributed by atoms with van der Waals surface area (Å²) in [6.45, 7) is 0. The Balaban J connectivity index is 1.91. The zero-order chi connectivity index (χ0) is 11.0. The van der Waals surface area contributed by atoms with Crippen LogP contribution >= 0.6 is 11.6 Å². The minimum absolute atomic E-state index is 0.413. The van der Waals surface area contributed by atoms with Crippen LogP contribution in [0.1, 0.15) is 11.9 Å². The highest BCUT2D eigenvalue weighted by molar-refractivity contribution is 6.30. The lowest BCUT2D eigenvalue weighted by Gasteiger charge is -2.10. The maximum Gasteiger partial charge on any atom is 0.268 e. The fraction of sp³-hybridized carbons (Fsp3) is 0.0769. The summed E-state index contributed by atoms with van der Waals surface area (Å²) in [5.41, 5.74) is 0.889. The molecule has 0 spiro atoms. The highest BCUT2D eigenvalue weighted by atomic mass is 35.5. The Morgan fingerprint density at radius 1 is 1.06 bits per heavy atom. The number of rotatable bonds is 1. The molecule has 3 rings (SSSR count). The molecule has 0 unspecified atom stereocenters. The molecular weight excluding hydrogens is 224 g/mol. The molecule has 0 saturated heterocycles. The van der Waals surface area contributed by atoms with Gasteiger partial charge in [0, 0.05) is 16.7 Å². The van der Waals surface area contributed by atoms with Crippen LogP contribution in [-0.4, -0.2) is 0 Å². The van der Waals surface area contributed by atoms with Gasteiger partial charge in [-0.3, -0.25) is 0 Å². The summed E-state index contributed by atoms with van der Waals surface area (Å²) in [6, 6.07) is 15.9. The zero-order valence-corrected chi connectivity index (χ0v) is 9.07. The first-order valence-corrected chi connectivity index (χ1v) is 5.30. The van der Waals surface area contributed by atoms with Crippen LogP contribution in [0.15, 0.2) is 42.5 Å². The van der Waals surface area contributed by atoms with Crippen LogP contribution in [0.3, 0.4) is 0 Å². The van der Waals surface area contributed by atoms with Crippen molar-refractivity contribution in [2.45, 2.75) is 6.29 Å². The van der Waals surface area contributed by atoms with E-state index in [0.717, 1.165) is 17.1 Å². The summed E-state index contributed by atoms with van der Waals surface area (Å²) < 4.78 is 11.3. The summed E-state index contributed by atoms with van der Waals surface area (Å²) in [7, 11) is 0. The quantitative estimate of drug-likeness (QED) is 0.747. The van der Waals surface area contributed by atoms with Gasteiger partial charge in [0.15, 0.2) is 11.5 Å². The minimum Gasteiger partial charge on any atom is -0.447 e. The average molecular weight is 232 g/mol. The largest absolute Gasteiger partial charge is 0.447 e. The zero-order valence-electron chi connectivity index (χ0n) is 8.31. The van der Waals surface area contributed by atoms with Gasteiger partial charge in [0.2, 0.25) is 0 Å². The van der Waals surface area contributed by atoms with E-state index in [1.165, 1.54) is 0 Å². The molecule has 0 bridgehead atoms. The molecule has 2 nitrogen and oxygen atoms in total. The number of fused-ring (bicyclic) bond motifs is 1. The van der Waals surface area contributed by atoms with E-state index >= 15 is 0 Å². The van der Waals surface area contributed by atoms with Crippen molar-refractivity contribution in [3.8, 4) is 11.5 Å². The van der Waals surface area contributed by atoms with Crippen LogP contribution in [0.5, 0.6) is 11.5 Å². The summed E-state index contributed by atoms with van der Waals surface area (Å²) in [5.74, 6) is 1.52. The first-order chi connectivity index (χ1) is 7.83. The number of halogens is 1. The summed E-state index contributed by atoms with van der Waals surface area (Å²) in [5, 5.41) is 0.556. The monoisotopic (exact) mass is 231 g/mol. The van der Waals surface area contributed by atoms with E-state index in [-0.39, 0.29) is 0 Å². The fourth-order valence-electron chi connectivity index (χ4n) is 1.64. The Hall–Kier alpha value is -1.67. The van der Waals surface area contributed by atoms with E-state index in [9.17, 15) is 0 Å². The fourth-order valence-corrected chi connectivity index (χ4v) is 1.82. The molecular formula is C13H8ClO2. The van der Waals surface area contributed by atoms with Gasteiger partial charge in [-0.1, -0.05) is 35.9 Å². The molecule has 0 saturated carbocycles. The van der Waals surface area contributed by atoms with Crippen molar-refractivity contribution in [2.24, 2.45) is 0 Å². The first kappa shape index (κ1) is 9.55. The molecule has 16 heavy (non-hydrogen) atoms. The number of para-hydroxylation sites is 2. The number of hydrogen-bond acceptors (Lipinski definition) is 2. The molecule has 1 heterocycles. The van der Waals surface area contributed by atoms with Gasteiger partial charge in [0.05, 0.1) is 0 Å². The van der Waals surface area contributed by atoms with Crippen LogP contribution in [0.25, 0.3) is 0 Å². The van der Waals surface area contributed by atoms with Gasteiger partial charge in [-0.05, 0) is 18.2 Å². The van der Waals surface area contributed by atoms with Crippen molar-refractivity contribution < 1.29 is 9.47 Å². The van der Waals surface area contributed by atoms with Gasteiger partial charge in [-0.15, -0.1) is 0 Å². The van der Waals surface area contributed by atoms with Gasteiger partial charge < -0.3 is 9.47 Å². The van der Waals surface area contributed by atoms with Crippen molar-refractivity contribution in [1.82, 2.24) is 0 Å². The standard InChI is InChI=1S/C13H8ClO2/c14-10-5-3-4-9(8-10)13-15-11-6-1-2-7-12(11)16-13/h1-4,6-8,13H. The van der Waals surface area contributed by atoms with E-state index < -0.39 is 6.29 Å². The van der Waals surface area contributed by atoms with Crippen molar-refractivity contribution in [2.75, 3.05) is 0 Å². The third-order valence-corrected chi connectivity index (χ3v) is 2.60. The Kier molecular flexibility index (Phi) is 2.22. The smallest absolute Gasteiger partial charge is 0.268 e. The second-order valence-corrected chi connectivity index (χ2v) is 3.89. The molecule has 0 aliphatic carbocycles. The molecule has 1 aliphatic heterocycles. The molecule has 2 aromatic carbocycles. The maximum atomic E-state index is 5.87. The van der Waals surface area contributed by atoms with Crippen molar-refractivity contribution in [3.63, 3.8) is 0 Å². The maximum absolute atomic E-state index is 5.87. The van der Waals surface area contributed by atoms with Crippen LogP contribution < -0.4 is 9.47 Å². The van der Waals surface area contributed by atoms with E-state index in [1.807, 2.05) is 30.3 Å².